The standard InChI is InChI=1S/C8H8BN4O2.Ir/c1-5-14-10-7(1)12-3-4-13(9-12)8-2-6-15-11-8;/h1-2,5-6H,3-4H2;. The largest absolute Gasteiger partial charge is 0.394 e. The van der Waals surface area contributed by atoms with Gasteiger partial charge in [-0.05, 0) is 0 Å². The van der Waals surface area contributed by atoms with E-state index < -0.39 is 0 Å². The van der Waals surface area contributed by atoms with Crippen molar-refractivity contribution in [2.24, 2.45) is 0 Å². The second-order valence-corrected chi connectivity index (χ2v) is 3.22. The summed E-state index contributed by atoms with van der Waals surface area (Å²) in [7, 11) is 1.94. The minimum Gasteiger partial charge on any atom is -0.379 e. The van der Waals surface area contributed by atoms with Gasteiger partial charge in [0.1, 0.15) is 12.5 Å². The molecule has 0 unspecified atom stereocenters. The molecule has 2 radical (unpaired) electrons. The Bertz CT molecular complexity index is 381. The molecule has 84 valence electrons. The average molecular weight is 395 g/mol. The Hall–Kier alpha value is -1.27. The zero-order valence-electron chi connectivity index (χ0n) is 8.24. The molecule has 2 aromatic heterocycles. The SMILES string of the molecule is [B]1N(c2ccon2)CCN1c1ccon1.[Ir]. The Labute approximate surface area is 106 Å². The van der Waals surface area contributed by atoms with Crippen molar-refractivity contribution in [1.29, 1.82) is 0 Å². The fourth-order valence-corrected chi connectivity index (χ4v) is 1.56. The van der Waals surface area contributed by atoms with Crippen LogP contribution in [0.5, 0.6) is 0 Å². The predicted molar refractivity (Wildman–Crippen MR) is 53.5 cm³/mol. The molecule has 0 atom stereocenters. The van der Waals surface area contributed by atoms with Crippen LogP contribution in [0.4, 0.5) is 11.6 Å². The molecule has 1 aliphatic heterocycles. The first kappa shape index (κ1) is 11.2. The molecule has 0 saturated carbocycles. The Morgan fingerprint density at radius 2 is 1.50 bits per heavy atom. The van der Waals surface area contributed by atoms with Crippen LogP contribution in [0.2, 0.25) is 0 Å². The normalized spacial score (nSPS) is 14.8. The molecule has 3 heterocycles. The summed E-state index contributed by atoms with van der Waals surface area (Å²) in [6.07, 6.45) is 3.11. The number of hydrogen-bond acceptors (Lipinski definition) is 6. The van der Waals surface area contributed by atoms with Crippen molar-refractivity contribution in [2.45, 2.75) is 0 Å². The zero-order valence-corrected chi connectivity index (χ0v) is 10.6. The maximum absolute atomic E-state index is 4.79. The van der Waals surface area contributed by atoms with E-state index >= 15 is 0 Å². The summed E-state index contributed by atoms with van der Waals surface area (Å²) in [6.45, 7) is 1.72. The number of hydrogen-bond donors (Lipinski definition) is 0. The van der Waals surface area contributed by atoms with Crippen LogP contribution in [0.15, 0.2) is 33.7 Å². The maximum Gasteiger partial charge on any atom is 0.394 e. The van der Waals surface area contributed by atoms with Gasteiger partial charge in [-0.1, -0.05) is 10.3 Å². The number of anilines is 2. The summed E-state index contributed by atoms with van der Waals surface area (Å²) in [5.74, 6) is 1.61. The molecule has 0 amide bonds. The molecule has 0 spiro atoms. The van der Waals surface area contributed by atoms with Gasteiger partial charge in [-0.2, -0.15) is 0 Å². The van der Waals surface area contributed by atoms with Crippen molar-refractivity contribution in [1.82, 2.24) is 10.3 Å². The van der Waals surface area contributed by atoms with E-state index in [4.69, 9.17) is 9.05 Å². The molecule has 2 aromatic rings. The molecule has 0 N–H and O–H groups in total. The Morgan fingerprint density at radius 1 is 1.00 bits per heavy atom. The van der Waals surface area contributed by atoms with Gasteiger partial charge in [-0.3, -0.25) is 0 Å². The molecule has 1 saturated heterocycles. The summed E-state index contributed by atoms with van der Waals surface area (Å²) in [4.78, 5) is 4.00. The van der Waals surface area contributed by atoms with Crippen LogP contribution in [0, 0.1) is 0 Å². The summed E-state index contributed by atoms with van der Waals surface area (Å²) >= 11 is 0. The van der Waals surface area contributed by atoms with Crippen LogP contribution in [0.1, 0.15) is 0 Å². The Morgan fingerprint density at radius 3 is 1.88 bits per heavy atom. The van der Waals surface area contributed by atoms with Crippen molar-refractivity contribution in [3.05, 3.63) is 24.7 Å². The van der Waals surface area contributed by atoms with Gasteiger partial charge < -0.3 is 18.7 Å². The average Bonchev–Trinajstić information content (AvgIpc) is 3.02. The van der Waals surface area contributed by atoms with Crippen molar-refractivity contribution >= 4 is 19.2 Å². The number of nitrogens with zero attached hydrogens (tertiary/aromatic N) is 4. The van der Waals surface area contributed by atoms with Crippen LogP contribution < -0.4 is 9.62 Å². The third-order valence-electron chi connectivity index (χ3n) is 2.30. The van der Waals surface area contributed by atoms with Crippen LogP contribution in [0.3, 0.4) is 0 Å². The first-order chi connectivity index (χ1) is 7.43. The van der Waals surface area contributed by atoms with Crippen LogP contribution in [-0.4, -0.2) is 31.0 Å². The van der Waals surface area contributed by atoms with E-state index in [1.165, 1.54) is 0 Å². The fourth-order valence-electron chi connectivity index (χ4n) is 1.56. The van der Waals surface area contributed by atoms with E-state index in [1.54, 1.807) is 12.5 Å². The second kappa shape index (κ2) is 4.71. The minimum atomic E-state index is 0. The second-order valence-electron chi connectivity index (χ2n) is 3.22. The molecule has 3 rings (SSSR count). The van der Waals surface area contributed by atoms with Gasteiger partial charge in [0.2, 0.25) is 0 Å². The zero-order chi connectivity index (χ0) is 10.1. The van der Waals surface area contributed by atoms with E-state index in [-0.39, 0.29) is 20.1 Å². The maximum atomic E-state index is 4.79. The van der Waals surface area contributed by atoms with Gasteiger partial charge in [0.25, 0.3) is 0 Å². The fraction of sp³-hybridized carbons (Fsp3) is 0.250. The molecule has 0 aliphatic carbocycles. The van der Waals surface area contributed by atoms with Crippen LogP contribution in [0.25, 0.3) is 0 Å². The molecule has 1 fully saturated rings. The summed E-state index contributed by atoms with van der Waals surface area (Å²) in [6, 6.07) is 3.64. The van der Waals surface area contributed by atoms with E-state index in [9.17, 15) is 0 Å². The van der Waals surface area contributed by atoms with Gasteiger partial charge in [0, 0.05) is 45.3 Å². The molecule has 8 heteroatoms. The topological polar surface area (TPSA) is 58.5 Å². The molecule has 1 aliphatic rings. The van der Waals surface area contributed by atoms with Gasteiger partial charge in [0.15, 0.2) is 11.6 Å². The molecular weight excluding hydrogens is 387 g/mol. The minimum absolute atomic E-state index is 0. The monoisotopic (exact) mass is 396 g/mol. The first-order valence-electron chi connectivity index (χ1n) is 4.62. The third-order valence-corrected chi connectivity index (χ3v) is 2.30. The molecule has 16 heavy (non-hydrogen) atoms. The number of aromatic nitrogens is 2. The van der Waals surface area contributed by atoms with Gasteiger partial charge in [-0.25, -0.2) is 0 Å². The summed E-state index contributed by atoms with van der Waals surface area (Å²) in [5, 5.41) is 7.73. The van der Waals surface area contributed by atoms with Crippen molar-refractivity contribution in [3.63, 3.8) is 0 Å². The third kappa shape index (κ3) is 1.98. The van der Waals surface area contributed by atoms with Crippen LogP contribution >= 0.6 is 0 Å². The van der Waals surface area contributed by atoms with E-state index in [2.05, 4.69) is 10.3 Å². The van der Waals surface area contributed by atoms with Crippen molar-refractivity contribution in [2.75, 3.05) is 22.7 Å². The van der Waals surface area contributed by atoms with Gasteiger partial charge >= 0.3 is 7.55 Å². The molecule has 0 bridgehead atoms. The Balaban J connectivity index is 0.000000963. The summed E-state index contributed by atoms with van der Waals surface area (Å²) in [5.41, 5.74) is 0. The van der Waals surface area contributed by atoms with E-state index in [1.807, 2.05) is 29.3 Å². The predicted octanol–water partition coefficient (Wildman–Crippen LogP) is 0.521. The number of rotatable bonds is 2. The van der Waals surface area contributed by atoms with E-state index in [0.29, 0.717) is 0 Å². The Kier molecular flexibility index (Phi) is 3.31. The molecule has 6 nitrogen and oxygen atoms in total. The quantitative estimate of drug-likeness (QED) is 0.692. The van der Waals surface area contributed by atoms with Gasteiger partial charge in [-0.15, -0.1) is 0 Å². The van der Waals surface area contributed by atoms with Crippen molar-refractivity contribution < 1.29 is 29.2 Å². The summed E-state index contributed by atoms with van der Waals surface area (Å²) < 4.78 is 9.58. The van der Waals surface area contributed by atoms with E-state index in [0.717, 1.165) is 24.7 Å². The van der Waals surface area contributed by atoms with Crippen molar-refractivity contribution in [3.8, 4) is 0 Å². The van der Waals surface area contributed by atoms with Gasteiger partial charge in [0.05, 0.1) is 0 Å². The van der Waals surface area contributed by atoms with Crippen LogP contribution in [-0.2, 0) is 20.1 Å². The molecular formula is C8H8BIrN4O2. The smallest absolute Gasteiger partial charge is 0.379 e. The molecule has 0 aromatic carbocycles. The first-order valence-corrected chi connectivity index (χ1v) is 4.62.